The van der Waals surface area contributed by atoms with E-state index < -0.39 is 17.7 Å². The lowest BCUT2D eigenvalue weighted by molar-refractivity contribution is 0.0696. The highest BCUT2D eigenvalue weighted by molar-refractivity contribution is 6.03. The second-order valence-corrected chi connectivity index (χ2v) is 3.73. The number of amides is 1. The highest BCUT2D eigenvalue weighted by atomic mass is 19.1. The molecule has 0 saturated heterocycles. The van der Waals surface area contributed by atoms with Gasteiger partial charge in [-0.1, -0.05) is 5.21 Å². The highest BCUT2D eigenvalue weighted by Gasteiger charge is 2.14. The van der Waals surface area contributed by atoms with Gasteiger partial charge in [0.05, 0.1) is 17.4 Å². The number of carboxylic acid groups (broad SMARTS) is 1. The van der Waals surface area contributed by atoms with Crippen LogP contribution in [0.1, 0.15) is 20.8 Å². The van der Waals surface area contributed by atoms with Crippen LogP contribution in [0.5, 0.6) is 0 Å². The summed E-state index contributed by atoms with van der Waals surface area (Å²) >= 11 is 0. The number of carbonyl (C=O) groups is 2. The first-order chi connectivity index (χ1) is 8.97. The summed E-state index contributed by atoms with van der Waals surface area (Å²) < 4.78 is 14.8. The average Bonchev–Trinajstić information content (AvgIpc) is 2.78. The Morgan fingerprint density at radius 2 is 2.16 bits per heavy atom. The minimum Gasteiger partial charge on any atom is -0.478 e. The number of halogens is 1. The summed E-state index contributed by atoms with van der Waals surface area (Å²) in [6.07, 6.45) is 1.36. The van der Waals surface area contributed by atoms with Crippen molar-refractivity contribution >= 4 is 17.6 Å². The number of rotatable bonds is 3. The van der Waals surface area contributed by atoms with E-state index in [1.807, 2.05) is 0 Å². The lowest BCUT2D eigenvalue weighted by atomic mass is 10.2. The number of nitrogens with zero attached hydrogens (tertiary/aromatic N) is 3. The Hall–Kier alpha value is -2.77. The van der Waals surface area contributed by atoms with Crippen LogP contribution in [0, 0.1) is 5.82 Å². The first-order valence-electron chi connectivity index (χ1n) is 5.18. The zero-order chi connectivity index (χ0) is 14.0. The van der Waals surface area contributed by atoms with E-state index in [-0.39, 0.29) is 16.9 Å². The van der Waals surface area contributed by atoms with Crippen LogP contribution >= 0.6 is 0 Å². The predicted octanol–water partition coefficient (Wildman–Crippen LogP) is 0.905. The fourth-order valence-electron chi connectivity index (χ4n) is 1.39. The maximum absolute atomic E-state index is 13.5. The summed E-state index contributed by atoms with van der Waals surface area (Å²) in [6, 6.07) is 3.11. The summed E-state index contributed by atoms with van der Waals surface area (Å²) in [7, 11) is 1.58. The maximum Gasteiger partial charge on any atom is 0.335 e. The Morgan fingerprint density at radius 3 is 2.74 bits per heavy atom. The fourth-order valence-corrected chi connectivity index (χ4v) is 1.39. The number of hydrogen-bond acceptors (Lipinski definition) is 4. The number of aromatic carboxylic acids is 1. The quantitative estimate of drug-likeness (QED) is 0.858. The number of benzene rings is 1. The van der Waals surface area contributed by atoms with Crippen LogP contribution in [-0.2, 0) is 7.05 Å². The van der Waals surface area contributed by atoms with Gasteiger partial charge in [-0.3, -0.25) is 9.48 Å². The molecule has 0 bridgehead atoms. The lowest BCUT2D eigenvalue weighted by Crippen LogP contribution is -2.14. The number of nitrogens with one attached hydrogen (secondary N) is 1. The highest BCUT2D eigenvalue weighted by Crippen LogP contribution is 2.17. The number of aromatic nitrogens is 3. The molecule has 1 aromatic heterocycles. The molecule has 0 saturated carbocycles. The summed E-state index contributed by atoms with van der Waals surface area (Å²) in [5, 5.41) is 18.2. The minimum absolute atomic E-state index is 0.00243. The van der Waals surface area contributed by atoms with E-state index in [4.69, 9.17) is 5.11 Å². The third-order valence-corrected chi connectivity index (χ3v) is 2.30. The Kier molecular flexibility index (Phi) is 3.23. The van der Waals surface area contributed by atoms with Crippen molar-refractivity contribution in [2.45, 2.75) is 0 Å². The van der Waals surface area contributed by atoms with Crippen LogP contribution in [0.15, 0.2) is 24.4 Å². The van der Waals surface area contributed by atoms with Crippen molar-refractivity contribution in [3.8, 4) is 0 Å². The molecule has 2 aromatic rings. The number of hydrogen-bond donors (Lipinski definition) is 2. The molecule has 1 heterocycles. The number of aryl methyl sites for hydroxylation is 1. The third-order valence-electron chi connectivity index (χ3n) is 2.30. The Morgan fingerprint density at radius 1 is 1.42 bits per heavy atom. The van der Waals surface area contributed by atoms with E-state index in [1.54, 1.807) is 7.05 Å². The molecular formula is C11H9FN4O3. The van der Waals surface area contributed by atoms with Gasteiger partial charge in [-0.25, -0.2) is 9.18 Å². The van der Waals surface area contributed by atoms with Crippen molar-refractivity contribution < 1.29 is 19.1 Å². The van der Waals surface area contributed by atoms with Gasteiger partial charge in [0.25, 0.3) is 5.91 Å². The van der Waals surface area contributed by atoms with E-state index in [0.29, 0.717) is 0 Å². The van der Waals surface area contributed by atoms with E-state index in [1.165, 1.54) is 10.9 Å². The Balaban J connectivity index is 2.25. The standard InChI is InChI=1S/C11H9FN4O3/c1-16-5-9(14-15-16)10(17)13-8-4-6(11(18)19)2-3-7(8)12/h2-5H,1H3,(H,13,17)(H,18,19). The molecule has 0 unspecified atom stereocenters. The van der Waals surface area contributed by atoms with Crippen LogP contribution < -0.4 is 5.32 Å². The molecule has 98 valence electrons. The van der Waals surface area contributed by atoms with Crippen molar-refractivity contribution in [2.75, 3.05) is 5.32 Å². The van der Waals surface area contributed by atoms with Gasteiger partial charge in [-0.2, -0.15) is 0 Å². The summed E-state index contributed by atoms with van der Waals surface area (Å²) in [5.74, 6) is -2.62. The van der Waals surface area contributed by atoms with Crippen LogP contribution in [-0.4, -0.2) is 32.0 Å². The molecule has 0 aliphatic rings. The molecule has 1 amide bonds. The Bertz CT molecular complexity index is 653. The summed E-state index contributed by atoms with van der Waals surface area (Å²) in [5.41, 5.74) is -0.353. The van der Waals surface area contributed by atoms with Gasteiger partial charge in [-0.05, 0) is 18.2 Å². The van der Waals surface area contributed by atoms with Crippen molar-refractivity contribution in [3.05, 3.63) is 41.5 Å². The minimum atomic E-state index is -1.21. The molecule has 0 spiro atoms. The van der Waals surface area contributed by atoms with Crippen molar-refractivity contribution in [1.29, 1.82) is 0 Å². The fraction of sp³-hybridized carbons (Fsp3) is 0.0909. The molecule has 0 aliphatic heterocycles. The maximum atomic E-state index is 13.5. The van der Waals surface area contributed by atoms with Gasteiger partial charge >= 0.3 is 5.97 Å². The van der Waals surface area contributed by atoms with Crippen molar-refractivity contribution in [2.24, 2.45) is 7.05 Å². The van der Waals surface area contributed by atoms with Gasteiger partial charge in [0.15, 0.2) is 5.69 Å². The van der Waals surface area contributed by atoms with Gasteiger partial charge in [0, 0.05) is 7.05 Å². The molecule has 0 aliphatic carbocycles. The lowest BCUT2D eigenvalue weighted by Gasteiger charge is -2.05. The zero-order valence-corrected chi connectivity index (χ0v) is 9.79. The molecular weight excluding hydrogens is 255 g/mol. The van der Waals surface area contributed by atoms with Gasteiger partial charge in [-0.15, -0.1) is 5.10 Å². The molecule has 2 N–H and O–H groups in total. The van der Waals surface area contributed by atoms with Gasteiger partial charge < -0.3 is 10.4 Å². The molecule has 2 rings (SSSR count). The number of anilines is 1. The van der Waals surface area contributed by atoms with Crippen molar-refractivity contribution in [3.63, 3.8) is 0 Å². The van der Waals surface area contributed by atoms with Crippen LogP contribution in [0.4, 0.5) is 10.1 Å². The molecule has 19 heavy (non-hydrogen) atoms. The van der Waals surface area contributed by atoms with Crippen LogP contribution in [0.2, 0.25) is 0 Å². The molecule has 0 fully saturated rings. The third kappa shape index (κ3) is 2.73. The first-order valence-corrected chi connectivity index (χ1v) is 5.18. The van der Waals surface area contributed by atoms with E-state index >= 15 is 0 Å². The second-order valence-electron chi connectivity index (χ2n) is 3.73. The first kappa shape index (κ1) is 12.7. The SMILES string of the molecule is Cn1cc(C(=O)Nc2cc(C(=O)O)ccc2F)nn1. The summed E-state index contributed by atoms with van der Waals surface area (Å²) in [4.78, 5) is 22.5. The van der Waals surface area contributed by atoms with Gasteiger partial charge in [0.2, 0.25) is 0 Å². The summed E-state index contributed by atoms with van der Waals surface area (Å²) in [6.45, 7) is 0. The number of carbonyl (C=O) groups excluding carboxylic acids is 1. The van der Waals surface area contributed by atoms with E-state index in [9.17, 15) is 14.0 Å². The normalized spacial score (nSPS) is 10.2. The van der Waals surface area contributed by atoms with E-state index in [2.05, 4.69) is 15.6 Å². The Labute approximate surface area is 106 Å². The predicted molar refractivity (Wildman–Crippen MR) is 62.3 cm³/mol. The molecule has 8 heteroatoms. The van der Waals surface area contributed by atoms with Crippen LogP contribution in [0.25, 0.3) is 0 Å². The van der Waals surface area contributed by atoms with Crippen LogP contribution in [0.3, 0.4) is 0 Å². The smallest absolute Gasteiger partial charge is 0.335 e. The molecule has 0 radical (unpaired) electrons. The second kappa shape index (κ2) is 4.84. The number of carboxylic acids is 1. The molecule has 0 atom stereocenters. The topological polar surface area (TPSA) is 97.1 Å². The largest absolute Gasteiger partial charge is 0.478 e. The van der Waals surface area contributed by atoms with Gasteiger partial charge in [0.1, 0.15) is 5.82 Å². The molecule has 7 nitrogen and oxygen atoms in total. The van der Waals surface area contributed by atoms with E-state index in [0.717, 1.165) is 18.2 Å². The van der Waals surface area contributed by atoms with Crippen molar-refractivity contribution in [1.82, 2.24) is 15.0 Å². The average molecular weight is 264 g/mol. The zero-order valence-electron chi connectivity index (χ0n) is 9.79. The monoisotopic (exact) mass is 264 g/mol. The molecule has 1 aromatic carbocycles.